The van der Waals surface area contributed by atoms with E-state index >= 15 is 0 Å². The molecule has 3 N–H and O–H groups in total. The van der Waals surface area contributed by atoms with Crippen molar-refractivity contribution in [3.8, 4) is 17.0 Å². The van der Waals surface area contributed by atoms with Gasteiger partial charge in [0.1, 0.15) is 11.4 Å². The standard InChI is InChI=1S/C14H18N4O3/c1-3-7-21-11-6-5-9(8-10(11)15)13-12(14(19)20)16-17-18(13)4-2/h5-6,8H,3-4,7,15H2,1-2H3,(H,19,20). The molecule has 0 fully saturated rings. The van der Waals surface area contributed by atoms with Crippen molar-refractivity contribution in [1.82, 2.24) is 15.0 Å². The minimum atomic E-state index is -1.12. The maximum absolute atomic E-state index is 11.2. The molecule has 0 aliphatic carbocycles. The minimum Gasteiger partial charge on any atom is -0.491 e. The summed E-state index contributed by atoms with van der Waals surface area (Å²) in [7, 11) is 0. The van der Waals surface area contributed by atoms with Crippen LogP contribution in [0.25, 0.3) is 11.3 Å². The Balaban J connectivity index is 2.45. The molecule has 0 spiro atoms. The number of carbonyl (C=O) groups is 1. The Kier molecular flexibility index (Phi) is 4.42. The lowest BCUT2D eigenvalue weighted by atomic mass is 10.1. The molecule has 21 heavy (non-hydrogen) atoms. The van der Waals surface area contributed by atoms with E-state index < -0.39 is 5.97 Å². The van der Waals surface area contributed by atoms with Crippen LogP contribution in [-0.2, 0) is 6.54 Å². The molecule has 112 valence electrons. The average Bonchev–Trinajstić information content (AvgIpc) is 2.90. The summed E-state index contributed by atoms with van der Waals surface area (Å²) in [5.74, 6) is -0.525. The van der Waals surface area contributed by atoms with Crippen molar-refractivity contribution in [2.45, 2.75) is 26.8 Å². The van der Waals surface area contributed by atoms with Gasteiger partial charge in [-0.3, -0.25) is 0 Å². The van der Waals surface area contributed by atoms with E-state index in [0.29, 0.717) is 35.8 Å². The first-order valence-electron chi connectivity index (χ1n) is 6.77. The largest absolute Gasteiger partial charge is 0.491 e. The van der Waals surface area contributed by atoms with Gasteiger partial charge in [0, 0.05) is 12.1 Å². The van der Waals surface area contributed by atoms with E-state index in [1.165, 1.54) is 4.68 Å². The molecule has 0 radical (unpaired) electrons. The Hall–Kier alpha value is -2.57. The van der Waals surface area contributed by atoms with Crippen LogP contribution < -0.4 is 10.5 Å². The van der Waals surface area contributed by atoms with Gasteiger partial charge in [-0.05, 0) is 31.5 Å². The average molecular weight is 290 g/mol. The molecule has 0 unspecified atom stereocenters. The second-order valence-electron chi connectivity index (χ2n) is 4.51. The molecule has 2 aromatic rings. The smallest absolute Gasteiger partial charge is 0.358 e. The summed E-state index contributed by atoms with van der Waals surface area (Å²) >= 11 is 0. The Morgan fingerprint density at radius 2 is 2.19 bits per heavy atom. The van der Waals surface area contributed by atoms with E-state index in [1.54, 1.807) is 18.2 Å². The van der Waals surface area contributed by atoms with E-state index in [-0.39, 0.29) is 5.69 Å². The predicted octanol–water partition coefficient (Wildman–Crippen LogP) is 2.03. The monoisotopic (exact) mass is 290 g/mol. The van der Waals surface area contributed by atoms with Gasteiger partial charge in [-0.25, -0.2) is 9.48 Å². The molecular formula is C14H18N4O3. The van der Waals surface area contributed by atoms with Crippen molar-refractivity contribution in [2.75, 3.05) is 12.3 Å². The van der Waals surface area contributed by atoms with Gasteiger partial charge in [0.25, 0.3) is 0 Å². The molecule has 0 aliphatic heterocycles. The topological polar surface area (TPSA) is 103 Å². The fraction of sp³-hybridized carbons (Fsp3) is 0.357. The highest BCUT2D eigenvalue weighted by Crippen LogP contribution is 2.30. The van der Waals surface area contributed by atoms with Crippen LogP contribution >= 0.6 is 0 Å². The van der Waals surface area contributed by atoms with Crippen LogP contribution in [0.2, 0.25) is 0 Å². The second kappa shape index (κ2) is 6.25. The van der Waals surface area contributed by atoms with Gasteiger partial charge in [-0.1, -0.05) is 12.1 Å². The quantitative estimate of drug-likeness (QED) is 0.789. The van der Waals surface area contributed by atoms with Crippen LogP contribution in [0, 0.1) is 0 Å². The number of rotatable bonds is 6. The molecule has 0 atom stereocenters. The van der Waals surface area contributed by atoms with Crippen molar-refractivity contribution in [3.05, 3.63) is 23.9 Å². The van der Waals surface area contributed by atoms with Gasteiger partial charge < -0.3 is 15.6 Å². The minimum absolute atomic E-state index is 0.0847. The fourth-order valence-electron chi connectivity index (χ4n) is 2.00. The molecule has 0 aliphatic rings. The SMILES string of the molecule is CCCOc1ccc(-c2c(C(=O)O)nnn2CC)cc1N. The summed E-state index contributed by atoms with van der Waals surface area (Å²) in [6.07, 6.45) is 0.886. The number of hydrogen-bond donors (Lipinski definition) is 2. The number of nitrogens with two attached hydrogens (primary N) is 1. The van der Waals surface area contributed by atoms with Crippen LogP contribution in [0.1, 0.15) is 30.8 Å². The molecule has 0 bridgehead atoms. The number of aromatic carboxylic acids is 1. The first-order chi connectivity index (χ1) is 10.1. The first kappa shape index (κ1) is 14.8. The van der Waals surface area contributed by atoms with E-state index in [9.17, 15) is 9.90 Å². The number of hydrogen-bond acceptors (Lipinski definition) is 5. The Bertz CT molecular complexity index is 652. The highest BCUT2D eigenvalue weighted by Gasteiger charge is 2.20. The fourth-order valence-corrected chi connectivity index (χ4v) is 2.00. The Labute approximate surface area is 122 Å². The molecule has 0 saturated heterocycles. The normalized spacial score (nSPS) is 10.6. The van der Waals surface area contributed by atoms with Gasteiger partial charge in [0.05, 0.1) is 12.3 Å². The molecule has 2 rings (SSSR count). The van der Waals surface area contributed by atoms with Gasteiger partial charge >= 0.3 is 5.97 Å². The number of aromatic nitrogens is 3. The number of ether oxygens (including phenoxy) is 1. The van der Waals surface area contributed by atoms with Crippen molar-refractivity contribution < 1.29 is 14.6 Å². The molecule has 0 amide bonds. The molecular weight excluding hydrogens is 272 g/mol. The zero-order valence-corrected chi connectivity index (χ0v) is 12.0. The van der Waals surface area contributed by atoms with E-state index in [4.69, 9.17) is 10.5 Å². The molecule has 1 aromatic heterocycles. The summed E-state index contributed by atoms with van der Waals surface area (Å²) in [5.41, 5.74) is 7.43. The number of nitrogens with zero attached hydrogens (tertiary/aromatic N) is 3. The maximum Gasteiger partial charge on any atom is 0.358 e. The lowest BCUT2D eigenvalue weighted by molar-refractivity contribution is 0.0691. The highest BCUT2D eigenvalue weighted by atomic mass is 16.5. The number of anilines is 1. The maximum atomic E-state index is 11.2. The van der Waals surface area contributed by atoms with Crippen molar-refractivity contribution in [3.63, 3.8) is 0 Å². The van der Waals surface area contributed by atoms with Gasteiger partial charge in [-0.2, -0.15) is 0 Å². The van der Waals surface area contributed by atoms with Crippen LogP contribution in [-0.4, -0.2) is 32.7 Å². The highest BCUT2D eigenvalue weighted by molar-refractivity contribution is 5.93. The van der Waals surface area contributed by atoms with Gasteiger partial charge in [0.15, 0.2) is 5.69 Å². The van der Waals surface area contributed by atoms with Crippen molar-refractivity contribution in [1.29, 1.82) is 0 Å². The first-order valence-corrected chi connectivity index (χ1v) is 6.77. The van der Waals surface area contributed by atoms with Crippen molar-refractivity contribution >= 4 is 11.7 Å². The second-order valence-corrected chi connectivity index (χ2v) is 4.51. The number of benzene rings is 1. The number of nitrogen functional groups attached to an aromatic ring is 1. The summed E-state index contributed by atoms with van der Waals surface area (Å²) in [5, 5.41) is 16.8. The summed E-state index contributed by atoms with van der Waals surface area (Å²) in [6.45, 7) is 4.98. The molecule has 1 aromatic carbocycles. The zero-order chi connectivity index (χ0) is 15.4. The lowest BCUT2D eigenvalue weighted by Gasteiger charge is -2.10. The zero-order valence-electron chi connectivity index (χ0n) is 12.0. The number of carboxylic acid groups (broad SMARTS) is 1. The number of aryl methyl sites for hydroxylation is 1. The van der Waals surface area contributed by atoms with E-state index in [1.807, 2.05) is 13.8 Å². The van der Waals surface area contributed by atoms with Gasteiger partial charge in [0.2, 0.25) is 0 Å². The summed E-state index contributed by atoms with van der Waals surface area (Å²) < 4.78 is 7.05. The molecule has 0 saturated carbocycles. The van der Waals surface area contributed by atoms with Crippen LogP contribution in [0.5, 0.6) is 5.75 Å². The van der Waals surface area contributed by atoms with Crippen LogP contribution in [0.15, 0.2) is 18.2 Å². The molecule has 7 heteroatoms. The van der Waals surface area contributed by atoms with Crippen LogP contribution in [0.3, 0.4) is 0 Å². The summed E-state index contributed by atoms with van der Waals surface area (Å²) in [6, 6.07) is 5.18. The number of carboxylic acids is 1. The molecule has 1 heterocycles. The van der Waals surface area contributed by atoms with Crippen molar-refractivity contribution in [2.24, 2.45) is 0 Å². The van der Waals surface area contributed by atoms with Gasteiger partial charge in [-0.15, -0.1) is 5.10 Å². The predicted molar refractivity (Wildman–Crippen MR) is 78.3 cm³/mol. The van der Waals surface area contributed by atoms with E-state index in [0.717, 1.165) is 6.42 Å². The van der Waals surface area contributed by atoms with E-state index in [2.05, 4.69) is 10.3 Å². The van der Waals surface area contributed by atoms with Crippen LogP contribution in [0.4, 0.5) is 5.69 Å². The third-order valence-corrected chi connectivity index (χ3v) is 2.98. The third-order valence-electron chi connectivity index (χ3n) is 2.98. The Morgan fingerprint density at radius 3 is 2.76 bits per heavy atom. The summed E-state index contributed by atoms with van der Waals surface area (Å²) in [4.78, 5) is 11.2. The lowest BCUT2D eigenvalue weighted by Crippen LogP contribution is -2.04. The third kappa shape index (κ3) is 2.96. The molecule has 7 nitrogen and oxygen atoms in total. The Morgan fingerprint density at radius 1 is 1.43 bits per heavy atom.